The molecule has 1 aromatic rings. The summed E-state index contributed by atoms with van der Waals surface area (Å²) in [7, 11) is 1.49. The van der Waals surface area contributed by atoms with Crippen LogP contribution in [0.25, 0.3) is 0 Å². The van der Waals surface area contributed by atoms with E-state index in [-0.39, 0.29) is 17.4 Å². The van der Waals surface area contributed by atoms with Crippen LogP contribution in [-0.2, 0) is 16.1 Å². The summed E-state index contributed by atoms with van der Waals surface area (Å²) in [6, 6.07) is 4.86. The molecule has 0 radical (unpaired) electrons. The van der Waals surface area contributed by atoms with Crippen LogP contribution in [-0.4, -0.2) is 30.0 Å². The number of amides is 2. The summed E-state index contributed by atoms with van der Waals surface area (Å²) in [4.78, 5) is 34.8. The molecular formula is C13H19N3O3. The number of carbonyl (C=O) groups excluding carboxylic acids is 2. The minimum atomic E-state index is -1.13. The van der Waals surface area contributed by atoms with Gasteiger partial charge in [-0.25, -0.2) is 0 Å². The zero-order valence-corrected chi connectivity index (χ0v) is 11.4. The van der Waals surface area contributed by atoms with E-state index in [1.54, 1.807) is 32.2 Å². The highest BCUT2D eigenvalue weighted by molar-refractivity contribution is 6.04. The van der Waals surface area contributed by atoms with Crippen LogP contribution in [0.2, 0.25) is 0 Å². The zero-order chi connectivity index (χ0) is 14.5. The molecule has 0 aliphatic heterocycles. The second-order valence-corrected chi connectivity index (χ2v) is 4.69. The van der Waals surface area contributed by atoms with Gasteiger partial charge in [0.1, 0.15) is 5.41 Å². The van der Waals surface area contributed by atoms with Gasteiger partial charge in [-0.2, -0.15) is 0 Å². The number of hydrogen-bond acceptors (Lipinski definition) is 3. The summed E-state index contributed by atoms with van der Waals surface area (Å²) < 4.78 is 1.49. The largest absolute Gasteiger partial charge is 0.358 e. The van der Waals surface area contributed by atoms with Crippen LogP contribution in [0.3, 0.4) is 0 Å². The standard InChI is InChI=1S/C13H19N3O3/c1-13(2,11(18)14-3)12(19)15-7-9-16-8-5-4-6-10(16)17/h4-6,8H,7,9H2,1-3H3,(H,14,18)(H,15,19). The number of nitrogens with zero attached hydrogens (tertiary/aromatic N) is 1. The van der Waals surface area contributed by atoms with E-state index >= 15 is 0 Å². The fourth-order valence-electron chi connectivity index (χ4n) is 1.57. The Morgan fingerprint density at radius 1 is 1.26 bits per heavy atom. The molecule has 1 aromatic heterocycles. The lowest BCUT2D eigenvalue weighted by Gasteiger charge is -2.21. The predicted molar refractivity (Wildman–Crippen MR) is 71.6 cm³/mol. The van der Waals surface area contributed by atoms with Crippen molar-refractivity contribution in [3.05, 3.63) is 34.7 Å². The van der Waals surface area contributed by atoms with E-state index in [9.17, 15) is 14.4 Å². The first-order valence-electron chi connectivity index (χ1n) is 6.05. The monoisotopic (exact) mass is 265 g/mol. The van der Waals surface area contributed by atoms with E-state index in [1.807, 2.05) is 0 Å². The molecule has 6 nitrogen and oxygen atoms in total. The van der Waals surface area contributed by atoms with E-state index in [0.29, 0.717) is 13.1 Å². The van der Waals surface area contributed by atoms with Gasteiger partial charge in [-0.05, 0) is 19.9 Å². The lowest BCUT2D eigenvalue weighted by Crippen LogP contribution is -2.47. The maximum atomic E-state index is 11.9. The van der Waals surface area contributed by atoms with Gasteiger partial charge in [-0.3, -0.25) is 14.4 Å². The van der Waals surface area contributed by atoms with Gasteiger partial charge in [-0.15, -0.1) is 0 Å². The number of pyridine rings is 1. The molecule has 0 saturated carbocycles. The van der Waals surface area contributed by atoms with Crippen LogP contribution in [0.4, 0.5) is 0 Å². The maximum Gasteiger partial charge on any atom is 0.250 e. The van der Waals surface area contributed by atoms with Crippen molar-refractivity contribution >= 4 is 11.8 Å². The summed E-state index contributed by atoms with van der Waals surface area (Å²) in [5.41, 5.74) is -1.25. The van der Waals surface area contributed by atoms with Gasteiger partial charge in [0.15, 0.2) is 0 Å². The molecule has 0 saturated heterocycles. The van der Waals surface area contributed by atoms with E-state index in [4.69, 9.17) is 0 Å². The first-order chi connectivity index (χ1) is 8.89. The van der Waals surface area contributed by atoms with Crippen LogP contribution in [0.15, 0.2) is 29.2 Å². The van der Waals surface area contributed by atoms with Crippen LogP contribution < -0.4 is 16.2 Å². The average Bonchev–Trinajstić information content (AvgIpc) is 2.39. The molecule has 2 N–H and O–H groups in total. The van der Waals surface area contributed by atoms with Crippen molar-refractivity contribution < 1.29 is 9.59 Å². The summed E-state index contributed by atoms with van der Waals surface area (Å²) >= 11 is 0. The van der Waals surface area contributed by atoms with Gasteiger partial charge in [0.05, 0.1) is 0 Å². The summed E-state index contributed by atoms with van der Waals surface area (Å²) in [5.74, 6) is -0.710. The van der Waals surface area contributed by atoms with Gasteiger partial charge in [0.25, 0.3) is 5.56 Å². The molecule has 104 valence electrons. The van der Waals surface area contributed by atoms with E-state index in [1.165, 1.54) is 17.7 Å². The summed E-state index contributed by atoms with van der Waals surface area (Å²) in [6.45, 7) is 3.77. The molecule has 0 unspecified atom stereocenters. The molecule has 0 aliphatic rings. The fraction of sp³-hybridized carbons (Fsp3) is 0.462. The Labute approximate surface area is 111 Å². The molecule has 0 bridgehead atoms. The van der Waals surface area contributed by atoms with Crippen molar-refractivity contribution in [1.82, 2.24) is 15.2 Å². The summed E-state index contributed by atoms with van der Waals surface area (Å²) in [5, 5.41) is 5.10. The van der Waals surface area contributed by atoms with Crippen molar-refractivity contribution in [2.24, 2.45) is 5.41 Å². The quantitative estimate of drug-likeness (QED) is 0.720. The van der Waals surface area contributed by atoms with Gasteiger partial charge in [0, 0.05) is 32.4 Å². The number of nitrogens with one attached hydrogen (secondary N) is 2. The van der Waals surface area contributed by atoms with E-state index in [0.717, 1.165) is 0 Å². The fourth-order valence-corrected chi connectivity index (χ4v) is 1.57. The van der Waals surface area contributed by atoms with Crippen LogP contribution >= 0.6 is 0 Å². The van der Waals surface area contributed by atoms with Crippen molar-refractivity contribution in [2.75, 3.05) is 13.6 Å². The molecule has 0 aliphatic carbocycles. The van der Waals surface area contributed by atoms with E-state index < -0.39 is 5.41 Å². The van der Waals surface area contributed by atoms with Crippen LogP contribution in [0, 0.1) is 5.41 Å². The molecule has 0 fully saturated rings. The van der Waals surface area contributed by atoms with E-state index in [2.05, 4.69) is 10.6 Å². The normalized spacial score (nSPS) is 10.9. The Bertz CT molecular complexity index is 520. The Balaban J connectivity index is 2.54. The number of carbonyl (C=O) groups is 2. The Hall–Kier alpha value is -2.11. The van der Waals surface area contributed by atoms with Crippen molar-refractivity contribution in [3.63, 3.8) is 0 Å². The molecule has 0 atom stereocenters. The molecule has 0 aromatic carbocycles. The third-order valence-corrected chi connectivity index (χ3v) is 2.90. The highest BCUT2D eigenvalue weighted by atomic mass is 16.2. The molecule has 0 spiro atoms. The van der Waals surface area contributed by atoms with Crippen molar-refractivity contribution in [1.29, 1.82) is 0 Å². The minimum Gasteiger partial charge on any atom is -0.358 e. The Morgan fingerprint density at radius 3 is 2.53 bits per heavy atom. The lowest BCUT2D eigenvalue weighted by atomic mass is 9.91. The number of hydrogen-bond donors (Lipinski definition) is 2. The summed E-state index contributed by atoms with van der Waals surface area (Å²) in [6.07, 6.45) is 1.65. The molecule has 1 heterocycles. The average molecular weight is 265 g/mol. The van der Waals surface area contributed by atoms with Crippen LogP contribution in [0.1, 0.15) is 13.8 Å². The Morgan fingerprint density at radius 2 is 1.95 bits per heavy atom. The van der Waals surface area contributed by atoms with Gasteiger partial charge >= 0.3 is 0 Å². The van der Waals surface area contributed by atoms with Crippen LogP contribution in [0.5, 0.6) is 0 Å². The van der Waals surface area contributed by atoms with Gasteiger partial charge < -0.3 is 15.2 Å². The van der Waals surface area contributed by atoms with Gasteiger partial charge in [-0.1, -0.05) is 6.07 Å². The SMILES string of the molecule is CNC(=O)C(C)(C)C(=O)NCCn1ccccc1=O. The first-order valence-corrected chi connectivity index (χ1v) is 6.05. The number of rotatable bonds is 5. The molecule has 6 heteroatoms. The molecule has 19 heavy (non-hydrogen) atoms. The van der Waals surface area contributed by atoms with Gasteiger partial charge in [0.2, 0.25) is 11.8 Å². The first kappa shape index (κ1) is 14.9. The second-order valence-electron chi connectivity index (χ2n) is 4.69. The minimum absolute atomic E-state index is 0.123. The predicted octanol–water partition coefficient (Wildman–Crippen LogP) is -0.263. The smallest absolute Gasteiger partial charge is 0.250 e. The molecular weight excluding hydrogens is 246 g/mol. The third kappa shape index (κ3) is 3.67. The number of aromatic nitrogens is 1. The second kappa shape index (κ2) is 6.17. The zero-order valence-electron chi connectivity index (χ0n) is 11.4. The Kier molecular flexibility index (Phi) is 4.86. The van der Waals surface area contributed by atoms with Crippen molar-refractivity contribution in [2.45, 2.75) is 20.4 Å². The van der Waals surface area contributed by atoms with Crippen molar-refractivity contribution in [3.8, 4) is 0 Å². The third-order valence-electron chi connectivity index (χ3n) is 2.90. The highest BCUT2D eigenvalue weighted by Crippen LogP contribution is 2.14. The highest BCUT2D eigenvalue weighted by Gasteiger charge is 2.34. The topological polar surface area (TPSA) is 80.2 Å². The maximum absolute atomic E-state index is 11.9. The molecule has 1 rings (SSSR count). The molecule has 2 amide bonds. The lowest BCUT2D eigenvalue weighted by molar-refractivity contribution is -0.141.